The van der Waals surface area contributed by atoms with Crippen LogP contribution in [0.4, 0.5) is 0 Å². The second-order valence-electron chi connectivity index (χ2n) is 5.32. The Morgan fingerprint density at radius 1 is 1.12 bits per heavy atom. The van der Waals surface area contributed by atoms with Crippen LogP contribution >= 0.6 is 0 Å². The molecule has 0 aliphatic heterocycles. The summed E-state index contributed by atoms with van der Waals surface area (Å²) in [5, 5.41) is 12.7. The maximum absolute atomic E-state index is 11.4. The molecule has 0 saturated carbocycles. The number of nitrogens with one attached hydrogen (secondary N) is 2. The van der Waals surface area contributed by atoms with Crippen molar-refractivity contribution in [3.63, 3.8) is 0 Å². The van der Waals surface area contributed by atoms with Crippen LogP contribution in [0.2, 0.25) is 0 Å². The molecule has 0 saturated heterocycles. The first-order valence-electron chi connectivity index (χ1n) is 7.40. The fraction of sp³-hybridized carbons (Fsp3) is 0.111. The van der Waals surface area contributed by atoms with Gasteiger partial charge in [0.1, 0.15) is 17.2 Å². The van der Waals surface area contributed by atoms with E-state index in [9.17, 15) is 14.7 Å². The van der Waals surface area contributed by atoms with E-state index in [0.29, 0.717) is 28.0 Å². The molecule has 0 atom stereocenters. The summed E-state index contributed by atoms with van der Waals surface area (Å²) in [5.41, 5.74) is 1.26. The summed E-state index contributed by atoms with van der Waals surface area (Å²) >= 11 is 0. The lowest BCUT2D eigenvalue weighted by atomic mass is 10.1. The van der Waals surface area contributed by atoms with E-state index in [0.717, 1.165) is 0 Å². The number of para-hydroxylation sites is 1. The second-order valence-corrected chi connectivity index (χ2v) is 5.32. The number of fused-ring (bicyclic) bond motifs is 1. The van der Waals surface area contributed by atoms with Crippen LogP contribution in [0.5, 0.6) is 11.5 Å². The highest BCUT2D eigenvalue weighted by Crippen LogP contribution is 2.29. The summed E-state index contributed by atoms with van der Waals surface area (Å²) in [6.45, 7) is 1.52. The van der Waals surface area contributed by atoms with Crippen LogP contribution in [0.15, 0.2) is 48.5 Å². The average molecular weight is 324 g/mol. The fourth-order valence-electron chi connectivity index (χ4n) is 2.49. The Balaban J connectivity index is 2.01. The number of hydrogen-bond donors (Lipinski definition) is 3. The molecule has 0 spiro atoms. The van der Waals surface area contributed by atoms with Crippen molar-refractivity contribution in [1.29, 1.82) is 0 Å². The normalized spacial score (nSPS) is 10.5. The number of aromatic amines is 1. The molecule has 0 fully saturated rings. The van der Waals surface area contributed by atoms with Crippen LogP contribution in [0.1, 0.15) is 23.0 Å². The van der Waals surface area contributed by atoms with Crippen LogP contribution in [-0.2, 0) is 11.3 Å². The van der Waals surface area contributed by atoms with Gasteiger partial charge in [-0.25, -0.2) is 4.79 Å². The van der Waals surface area contributed by atoms with Gasteiger partial charge in [0.25, 0.3) is 0 Å². The zero-order chi connectivity index (χ0) is 17.1. The number of aromatic nitrogens is 1. The van der Waals surface area contributed by atoms with Crippen LogP contribution < -0.4 is 10.1 Å². The van der Waals surface area contributed by atoms with E-state index in [-0.39, 0.29) is 18.1 Å². The monoisotopic (exact) mass is 324 g/mol. The Hall–Kier alpha value is -3.28. The third-order valence-corrected chi connectivity index (χ3v) is 3.58. The highest BCUT2D eigenvalue weighted by atomic mass is 16.5. The minimum atomic E-state index is -1.07. The number of carbonyl (C=O) groups excluding carboxylic acids is 1. The molecule has 3 N–H and O–H groups in total. The summed E-state index contributed by atoms with van der Waals surface area (Å²) in [6, 6.07) is 14.6. The van der Waals surface area contributed by atoms with E-state index in [2.05, 4.69) is 10.3 Å². The van der Waals surface area contributed by atoms with Crippen molar-refractivity contribution >= 4 is 22.8 Å². The van der Waals surface area contributed by atoms with E-state index in [1.54, 1.807) is 18.2 Å². The molecule has 3 aromatic rings. The lowest BCUT2D eigenvalue weighted by molar-refractivity contribution is -0.119. The first kappa shape index (κ1) is 15.6. The van der Waals surface area contributed by atoms with Gasteiger partial charge in [-0.2, -0.15) is 0 Å². The smallest absolute Gasteiger partial charge is 0.352 e. The standard InChI is InChI=1S/C18H16N2O4/c1-11(21)19-10-15-14-9-13(24-12-5-3-2-4-6-12)7-8-16(14)20-17(15)18(22)23/h2-9,20H,10H2,1H3,(H,19,21)(H,22,23). The lowest BCUT2D eigenvalue weighted by Gasteiger charge is -2.07. The summed E-state index contributed by atoms with van der Waals surface area (Å²) in [7, 11) is 0. The molecule has 6 heteroatoms. The van der Waals surface area contributed by atoms with Gasteiger partial charge in [-0.1, -0.05) is 18.2 Å². The predicted octanol–water partition coefficient (Wildman–Crippen LogP) is 3.29. The number of carboxylic acid groups (broad SMARTS) is 1. The molecule has 122 valence electrons. The molecular formula is C18H16N2O4. The summed E-state index contributed by atoms with van der Waals surface area (Å²) in [4.78, 5) is 25.5. The molecule has 1 amide bonds. The Kier molecular flexibility index (Phi) is 4.20. The van der Waals surface area contributed by atoms with Gasteiger partial charge in [-0.05, 0) is 30.3 Å². The SMILES string of the molecule is CC(=O)NCc1c(C(=O)O)[nH]c2ccc(Oc3ccccc3)cc12. The predicted molar refractivity (Wildman–Crippen MR) is 89.3 cm³/mol. The van der Waals surface area contributed by atoms with E-state index >= 15 is 0 Å². The molecule has 24 heavy (non-hydrogen) atoms. The molecule has 3 rings (SSSR count). The number of aromatic carboxylic acids is 1. The Morgan fingerprint density at radius 2 is 1.88 bits per heavy atom. The number of benzene rings is 2. The molecule has 0 bridgehead atoms. The maximum atomic E-state index is 11.4. The number of carboxylic acids is 1. The second kappa shape index (κ2) is 6.45. The van der Waals surface area contributed by atoms with E-state index in [1.165, 1.54) is 6.92 Å². The van der Waals surface area contributed by atoms with Gasteiger partial charge in [0.05, 0.1) is 0 Å². The van der Waals surface area contributed by atoms with Crippen molar-refractivity contribution in [1.82, 2.24) is 10.3 Å². The van der Waals surface area contributed by atoms with E-state index in [4.69, 9.17) is 4.74 Å². The van der Waals surface area contributed by atoms with Crippen LogP contribution in [0.3, 0.4) is 0 Å². The largest absolute Gasteiger partial charge is 0.477 e. The van der Waals surface area contributed by atoms with Crippen molar-refractivity contribution in [3.05, 3.63) is 59.8 Å². The van der Waals surface area contributed by atoms with Gasteiger partial charge >= 0.3 is 5.97 Å². The first-order chi connectivity index (χ1) is 11.5. The third-order valence-electron chi connectivity index (χ3n) is 3.58. The van der Waals surface area contributed by atoms with Gasteiger partial charge in [-0.3, -0.25) is 4.79 Å². The minimum Gasteiger partial charge on any atom is -0.477 e. The van der Waals surface area contributed by atoms with Crippen LogP contribution in [0, 0.1) is 0 Å². The molecule has 1 aromatic heterocycles. The van der Waals surface area contributed by atoms with E-state index < -0.39 is 5.97 Å². The molecule has 0 radical (unpaired) electrons. The number of hydrogen-bond acceptors (Lipinski definition) is 3. The Labute approximate surface area is 138 Å². The van der Waals surface area contributed by atoms with Crippen LogP contribution in [-0.4, -0.2) is 22.0 Å². The summed E-state index contributed by atoms with van der Waals surface area (Å²) in [6.07, 6.45) is 0. The van der Waals surface area contributed by atoms with Gasteiger partial charge < -0.3 is 20.1 Å². The summed E-state index contributed by atoms with van der Waals surface area (Å²) in [5.74, 6) is -0.0163. The Bertz CT molecular complexity index is 900. The van der Waals surface area contributed by atoms with Crippen molar-refractivity contribution in [3.8, 4) is 11.5 Å². The van der Waals surface area contributed by atoms with E-state index in [1.807, 2.05) is 30.3 Å². The molecule has 6 nitrogen and oxygen atoms in total. The third kappa shape index (κ3) is 3.22. The molecule has 2 aromatic carbocycles. The number of amides is 1. The lowest BCUT2D eigenvalue weighted by Crippen LogP contribution is -2.20. The molecule has 0 unspecified atom stereocenters. The highest BCUT2D eigenvalue weighted by molar-refractivity contribution is 5.98. The topological polar surface area (TPSA) is 91.4 Å². The minimum absolute atomic E-state index is 0.0654. The maximum Gasteiger partial charge on any atom is 0.352 e. The number of ether oxygens (including phenoxy) is 1. The van der Waals surface area contributed by atoms with Gasteiger partial charge in [0.2, 0.25) is 5.91 Å². The fourth-order valence-corrected chi connectivity index (χ4v) is 2.49. The highest BCUT2D eigenvalue weighted by Gasteiger charge is 2.17. The average Bonchev–Trinajstić information content (AvgIpc) is 2.92. The molecular weight excluding hydrogens is 308 g/mol. The van der Waals surface area contributed by atoms with Crippen molar-refractivity contribution in [2.24, 2.45) is 0 Å². The van der Waals surface area contributed by atoms with Gasteiger partial charge in [-0.15, -0.1) is 0 Å². The number of carbonyl (C=O) groups is 2. The zero-order valence-electron chi connectivity index (χ0n) is 13.0. The van der Waals surface area contributed by atoms with Crippen molar-refractivity contribution < 1.29 is 19.4 Å². The number of rotatable bonds is 5. The van der Waals surface area contributed by atoms with Crippen LogP contribution in [0.25, 0.3) is 10.9 Å². The first-order valence-corrected chi connectivity index (χ1v) is 7.40. The van der Waals surface area contributed by atoms with Crippen molar-refractivity contribution in [2.45, 2.75) is 13.5 Å². The Morgan fingerprint density at radius 3 is 2.54 bits per heavy atom. The van der Waals surface area contributed by atoms with Gasteiger partial charge in [0.15, 0.2) is 0 Å². The molecule has 0 aliphatic rings. The molecule has 1 heterocycles. The quantitative estimate of drug-likeness (QED) is 0.671. The number of H-pyrrole nitrogens is 1. The van der Waals surface area contributed by atoms with Gasteiger partial charge in [0, 0.05) is 29.9 Å². The summed E-state index contributed by atoms with van der Waals surface area (Å²) < 4.78 is 5.79. The van der Waals surface area contributed by atoms with Crippen molar-refractivity contribution in [2.75, 3.05) is 0 Å². The zero-order valence-corrected chi connectivity index (χ0v) is 13.0. The molecule has 0 aliphatic carbocycles.